The van der Waals surface area contributed by atoms with E-state index in [4.69, 9.17) is 4.74 Å². The Hall–Kier alpha value is -1.09. The summed E-state index contributed by atoms with van der Waals surface area (Å²) in [6.07, 6.45) is 7.45. The van der Waals surface area contributed by atoms with E-state index in [-0.39, 0.29) is 6.10 Å². The van der Waals surface area contributed by atoms with Crippen LogP contribution in [0.25, 0.3) is 0 Å². The third kappa shape index (κ3) is 7.47. The summed E-state index contributed by atoms with van der Waals surface area (Å²) in [5.41, 5.74) is 2.37. The first-order chi connectivity index (χ1) is 10.2. The Morgan fingerprint density at radius 3 is 2.62 bits per heavy atom. The Kier molecular flexibility index (Phi) is 9.07. The summed E-state index contributed by atoms with van der Waals surface area (Å²) in [5.74, 6) is 0.783. The van der Waals surface area contributed by atoms with Crippen molar-refractivity contribution in [2.75, 3.05) is 6.54 Å². The molecule has 1 aromatic heterocycles. The minimum absolute atomic E-state index is 0.244. The molecule has 0 bridgehead atoms. The van der Waals surface area contributed by atoms with E-state index in [9.17, 15) is 0 Å². The summed E-state index contributed by atoms with van der Waals surface area (Å²) >= 11 is 0. The number of rotatable bonds is 11. The van der Waals surface area contributed by atoms with Gasteiger partial charge in [0.25, 0.3) is 0 Å². The zero-order chi connectivity index (χ0) is 15.5. The van der Waals surface area contributed by atoms with Crippen molar-refractivity contribution in [1.82, 2.24) is 10.3 Å². The van der Waals surface area contributed by atoms with Gasteiger partial charge >= 0.3 is 0 Å². The van der Waals surface area contributed by atoms with Crippen LogP contribution in [-0.2, 0) is 13.0 Å². The lowest BCUT2D eigenvalue weighted by Crippen LogP contribution is -2.15. The van der Waals surface area contributed by atoms with E-state index in [1.807, 2.05) is 0 Å². The van der Waals surface area contributed by atoms with Crippen molar-refractivity contribution in [3.8, 4) is 5.88 Å². The minimum Gasteiger partial charge on any atom is -0.475 e. The van der Waals surface area contributed by atoms with Crippen molar-refractivity contribution in [2.45, 2.75) is 78.9 Å². The van der Waals surface area contributed by atoms with E-state index in [1.54, 1.807) is 0 Å². The fourth-order valence-corrected chi connectivity index (χ4v) is 2.36. The summed E-state index contributed by atoms with van der Waals surface area (Å²) in [7, 11) is 0. The van der Waals surface area contributed by atoms with Crippen LogP contribution in [0.15, 0.2) is 12.1 Å². The first-order valence-corrected chi connectivity index (χ1v) is 8.56. The smallest absolute Gasteiger partial charge is 0.214 e. The molecule has 0 amide bonds. The highest BCUT2D eigenvalue weighted by Crippen LogP contribution is 2.17. The quantitative estimate of drug-likeness (QED) is 0.610. The van der Waals surface area contributed by atoms with E-state index >= 15 is 0 Å². The second kappa shape index (κ2) is 10.6. The largest absolute Gasteiger partial charge is 0.475 e. The molecule has 0 fully saturated rings. The number of aromatic nitrogens is 1. The summed E-state index contributed by atoms with van der Waals surface area (Å²) in [6, 6.07) is 4.24. The molecule has 0 aromatic carbocycles. The normalized spacial score (nSPS) is 12.4. The number of ether oxygens (including phenoxy) is 1. The molecular weight excluding hydrogens is 260 g/mol. The van der Waals surface area contributed by atoms with Crippen LogP contribution in [0.2, 0.25) is 0 Å². The number of hydrogen-bond acceptors (Lipinski definition) is 3. The molecule has 1 rings (SSSR count). The maximum atomic E-state index is 6.02. The number of nitrogens with zero attached hydrogens (tertiary/aromatic N) is 1. The van der Waals surface area contributed by atoms with Crippen LogP contribution < -0.4 is 10.1 Å². The first-order valence-electron chi connectivity index (χ1n) is 8.56. The van der Waals surface area contributed by atoms with Crippen LogP contribution in [0.3, 0.4) is 0 Å². The minimum atomic E-state index is 0.244. The highest BCUT2D eigenvalue weighted by atomic mass is 16.5. The van der Waals surface area contributed by atoms with Crippen LogP contribution >= 0.6 is 0 Å². The second-order valence-corrected chi connectivity index (χ2v) is 5.72. The molecular formula is C18H32N2O. The molecule has 0 radical (unpaired) electrons. The molecule has 0 aliphatic rings. The molecule has 0 aliphatic heterocycles. The number of aryl methyl sites for hydroxylation is 1. The SMILES string of the molecule is CCCCCCC(C)Oc1cc(CNCC)cc(CC)n1. The molecule has 3 heteroatoms. The van der Waals surface area contributed by atoms with Gasteiger partial charge in [-0.15, -0.1) is 0 Å². The van der Waals surface area contributed by atoms with Crippen LogP contribution in [0, 0.1) is 0 Å². The molecule has 0 spiro atoms. The van der Waals surface area contributed by atoms with E-state index in [0.29, 0.717) is 0 Å². The Morgan fingerprint density at radius 1 is 1.14 bits per heavy atom. The molecule has 0 aliphatic carbocycles. The average Bonchev–Trinajstić information content (AvgIpc) is 2.49. The fraction of sp³-hybridized carbons (Fsp3) is 0.722. The third-order valence-electron chi connectivity index (χ3n) is 3.64. The van der Waals surface area contributed by atoms with Gasteiger partial charge in [-0.2, -0.15) is 0 Å². The predicted molar refractivity (Wildman–Crippen MR) is 89.8 cm³/mol. The lowest BCUT2D eigenvalue weighted by Gasteiger charge is -2.15. The van der Waals surface area contributed by atoms with Gasteiger partial charge in [-0.3, -0.25) is 0 Å². The van der Waals surface area contributed by atoms with Crippen LogP contribution in [0.4, 0.5) is 0 Å². The second-order valence-electron chi connectivity index (χ2n) is 5.72. The molecule has 1 N–H and O–H groups in total. The first kappa shape index (κ1) is 18.0. The highest BCUT2D eigenvalue weighted by molar-refractivity contribution is 5.25. The van der Waals surface area contributed by atoms with Crippen LogP contribution in [-0.4, -0.2) is 17.6 Å². The van der Waals surface area contributed by atoms with E-state index in [2.05, 4.69) is 50.1 Å². The maximum Gasteiger partial charge on any atom is 0.214 e. The standard InChI is InChI=1S/C18H32N2O/c1-5-8-9-10-11-15(4)21-18-13-16(14-19-7-3)12-17(6-2)20-18/h12-13,15,19H,5-11,14H2,1-4H3. The highest BCUT2D eigenvalue weighted by Gasteiger charge is 2.08. The Bertz CT molecular complexity index is 393. The van der Waals surface area contributed by atoms with Gasteiger partial charge in [0.1, 0.15) is 0 Å². The van der Waals surface area contributed by atoms with Gasteiger partial charge in [0.15, 0.2) is 0 Å². The molecule has 0 saturated heterocycles. The molecule has 1 atom stereocenters. The number of nitrogens with one attached hydrogen (secondary N) is 1. The van der Waals surface area contributed by atoms with E-state index in [1.165, 1.54) is 31.2 Å². The van der Waals surface area contributed by atoms with Gasteiger partial charge in [-0.1, -0.05) is 40.0 Å². The number of unbranched alkanes of at least 4 members (excludes halogenated alkanes) is 3. The van der Waals surface area contributed by atoms with Crippen molar-refractivity contribution in [2.24, 2.45) is 0 Å². The summed E-state index contributed by atoms with van der Waals surface area (Å²) in [5, 5.41) is 3.36. The summed E-state index contributed by atoms with van der Waals surface area (Å²) in [4.78, 5) is 4.59. The van der Waals surface area contributed by atoms with Gasteiger partial charge in [-0.25, -0.2) is 4.98 Å². The van der Waals surface area contributed by atoms with Crippen LogP contribution in [0.5, 0.6) is 5.88 Å². The van der Waals surface area contributed by atoms with Gasteiger partial charge < -0.3 is 10.1 Å². The molecule has 120 valence electrons. The van der Waals surface area contributed by atoms with Gasteiger partial charge in [-0.05, 0) is 44.4 Å². The van der Waals surface area contributed by atoms with Crippen molar-refractivity contribution >= 4 is 0 Å². The van der Waals surface area contributed by atoms with Crippen molar-refractivity contribution in [3.05, 3.63) is 23.4 Å². The maximum absolute atomic E-state index is 6.02. The Morgan fingerprint density at radius 2 is 1.95 bits per heavy atom. The fourth-order valence-electron chi connectivity index (χ4n) is 2.36. The molecule has 1 heterocycles. The molecule has 1 aromatic rings. The zero-order valence-electron chi connectivity index (χ0n) is 14.2. The van der Waals surface area contributed by atoms with Crippen molar-refractivity contribution < 1.29 is 4.74 Å². The predicted octanol–water partition coefficient (Wildman–Crippen LogP) is 4.49. The lowest BCUT2D eigenvalue weighted by molar-refractivity contribution is 0.197. The summed E-state index contributed by atoms with van der Waals surface area (Å²) < 4.78 is 6.02. The molecule has 3 nitrogen and oxygen atoms in total. The van der Waals surface area contributed by atoms with E-state index < -0.39 is 0 Å². The zero-order valence-corrected chi connectivity index (χ0v) is 14.2. The third-order valence-corrected chi connectivity index (χ3v) is 3.64. The lowest BCUT2D eigenvalue weighted by atomic mass is 10.1. The number of pyridine rings is 1. The van der Waals surface area contributed by atoms with Crippen molar-refractivity contribution in [3.63, 3.8) is 0 Å². The molecule has 21 heavy (non-hydrogen) atoms. The Balaban J connectivity index is 2.55. The summed E-state index contributed by atoms with van der Waals surface area (Å²) in [6.45, 7) is 10.5. The van der Waals surface area contributed by atoms with Crippen LogP contribution in [0.1, 0.15) is 71.1 Å². The van der Waals surface area contributed by atoms with Gasteiger partial charge in [0.05, 0.1) is 6.10 Å². The average molecular weight is 292 g/mol. The van der Waals surface area contributed by atoms with Gasteiger partial charge in [0.2, 0.25) is 5.88 Å². The van der Waals surface area contributed by atoms with Gasteiger partial charge in [0, 0.05) is 18.3 Å². The monoisotopic (exact) mass is 292 g/mol. The topological polar surface area (TPSA) is 34.1 Å². The number of hydrogen-bond donors (Lipinski definition) is 1. The molecule has 0 saturated carbocycles. The van der Waals surface area contributed by atoms with E-state index in [0.717, 1.165) is 37.5 Å². The molecule has 1 unspecified atom stereocenters. The van der Waals surface area contributed by atoms with Crippen molar-refractivity contribution in [1.29, 1.82) is 0 Å². The Labute approximate surface area is 130 Å².